The molecule has 0 aliphatic heterocycles. The van der Waals surface area contributed by atoms with Crippen molar-refractivity contribution in [2.75, 3.05) is 19.0 Å². The van der Waals surface area contributed by atoms with Gasteiger partial charge in [0.25, 0.3) is 0 Å². The van der Waals surface area contributed by atoms with E-state index < -0.39 is 20.7 Å². The first-order valence-corrected chi connectivity index (χ1v) is 9.46. The quantitative estimate of drug-likeness (QED) is 0.816. The number of anilines is 1. The molecule has 0 saturated carbocycles. The molecule has 1 atom stereocenters. The van der Waals surface area contributed by atoms with Crippen molar-refractivity contribution < 1.29 is 18.3 Å². The van der Waals surface area contributed by atoms with Crippen LogP contribution in [-0.4, -0.2) is 38.5 Å². The zero-order chi connectivity index (χ0) is 19.0. The first-order chi connectivity index (χ1) is 11.5. The summed E-state index contributed by atoms with van der Waals surface area (Å²) in [6, 6.07) is 10.1. The van der Waals surface area contributed by atoms with Crippen molar-refractivity contribution in [3.63, 3.8) is 0 Å². The third-order valence-corrected chi connectivity index (χ3v) is 6.42. The van der Waals surface area contributed by atoms with Crippen LogP contribution in [0.5, 0.6) is 0 Å². The van der Waals surface area contributed by atoms with Gasteiger partial charge in [-0.05, 0) is 24.5 Å². The largest absolute Gasteiger partial charge is 0.479 e. The van der Waals surface area contributed by atoms with E-state index in [0.717, 1.165) is 11.1 Å². The average molecular weight is 364 g/mol. The molecule has 0 aliphatic carbocycles. The van der Waals surface area contributed by atoms with Crippen molar-refractivity contribution in [3.8, 4) is 0 Å². The van der Waals surface area contributed by atoms with Gasteiger partial charge in [0.2, 0.25) is 14.7 Å². The fourth-order valence-electron chi connectivity index (χ4n) is 3.00. The highest BCUT2D eigenvalue weighted by Crippen LogP contribution is 2.35. The van der Waals surface area contributed by atoms with Gasteiger partial charge in [-0.3, -0.25) is 0 Å². The normalized spacial score (nSPS) is 14.5. The minimum Gasteiger partial charge on any atom is -0.479 e. The number of aliphatic carboxylic acids is 1. The van der Waals surface area contributed by atoms with Gasteiger partial charge in [0.05, 0.1) is 4.90 Å². The highest BCUT2D eigenvalue weighted by Gasteiger charge is 2.49. The molecule has 0 radical (unpaired) electrons. The maximum Gasteiger partial charge on any atom is 0.339 e. The second kappa shape index (κ2) is 6.65. The van der Waals surface area contributed by atoms with E-state index in [1.807, 2.05) is 31.1 Å². The molecule has 136 valence electrons. The van der Waals surface area contributed by atoms with Crippen molar-refractivity contribution in [1.29, 1.82) is 0 Å². The molecular formula is C18H24N2O4S. The second-order valence-corrected chi connectivity index (χ2v) is 8.99. The van der Waals surface area contributed by atoms with Crippen LogP contribution in [0.4, 0.5) is 5.69 Å². The van der Waals surface area contributed by atoms with Crippen LogP contribution in [0.1, 0.15) is 20.3 Å². The number of benzene rings is 2. The molecule has 2 aromatic carbocycles. The summed E-state index contributed by atoms with van der Waals surface area (Å²) < 4.78 is 26.4. The SMILES string of the molecule is CC(C)C[C@](N)(C(=O)O)S(=O)(=O)c1cccc2c(N(C)C)cccc12. The van der Waals surface area contributed by atoms with Gasteiger partial charge >= 0.3 is 5.97 Å². The molecule has 0 unspecified atom stereocenters. The number of hydrogen-bond acceptors (Lipinski definition) is 5. The number of carbonyl (C=O) groups is 1. The number of nitrogens with two attached hydrogens (primary N) is 1. The molecule has 7 heteroatoms. The Morgan fingerprint density at radius 1 is 1.16 bits per heavy atom. The lowest BCUT2D eigenvalue weighted by molar-refractivity contribution is -0.140. The van der Waals surface area contributed by atoms with Crippen molar-refractivity contribution in [1.82, 2.24) is 0 Å². The molecule has 0 saturated heterocycles. The predicted octanol–water partition coefficient (Wildman–Crippen LogP) is 2.47. The van der Waals surface area contributed by atoms with Crippen molar-refractivity contribution >= 4 is 32.3 Å². The molecule has 0 heterocycles. The molecule has 0 amide bonds. The van der Waals surface area contributed by atoms with E-state index in [-0.39, 0.29) is 17.2 Å². The smallest absolute Gasteiger partial charge is 0.339 e. The summed E-state index contributed by atoms with van der Waals surface area (Å²) in [5, 5.41) is 10.8. The lowest BCUT2D eigenvalue weighted by Crippen LogP contribution is -2.55. The van der Waals surface area contributed by atoms with E-state index in [1.165, 1.54) is 6.07 Å². The van der Waals surface area contributed by atoms with Crippen LogP contribution in [0.2, 0.25) is 0 Å². The van der Waals surface area contributed by atoms with Crippen molar-refractivity contribution in [2.24, 2.45) is 11.7 Å². The van der Waals surface area contributed by atoms with Gasteiger partial charge in [0, 0.05) is 30.6 Å². The van der Waals surface area contributed by atoms with E-state index in [0.29, 0.717) is 5.39 Å². The Morgan fingerprint density at radius 2 is 1.72 bits per heavy atom. The van der Waals surface area contributed by atoms with Crippen LogP contribution in [0.3, 0.4) is 0 Å². The summed E-state index contributed by atoms with van der Waals surface area (Å²) in [6.07, 6.45) is -0.172. The first-order valence-electron chi connectivity index (χ1n) is 7.98. The maximum atomic E-state index is 13.2. The Kier molecular flexibility index (Phi) is 5.11. The minimum atomic E-state index is -4.30. The third kappa shape index (κ3) is 3.21. The Labute approximate surface area is 148 Å². The van der Waals surface area contributed by atoms with Gasteiger partial charge in [-0.2, -0.15) is 0 Å². The molecule has 2 rings (SSSR count). The van der Waals surface area contributed by atoms with Gasteiger partial charge in [0.15, 0.2) is 0 Å². The molecule has 0 fully saturated rings. The standard InChI is InChI=1S/C18H24N2O4S/c1-12(2)11-18(19,17(21)22)25(23,24)16-10-6-7-13-14(16)8-5-9-15(13)20(3)4/h5-10,12H,11,19H2,1-4H3,(H,21,22)/t18-/m1/s1. The predicted molar refractivity (Wildman–Crippen MR) is 99.5 cm³/mol. The monoisotopic (exact) mass is 364 g/mol. The molecular weight excluding hydrogens is 340 g/mol. The Hall–Kier alpha value is -2.12. The highest BCUT2D eigenvalue weighted by molar-refractivity contribution is 7.93. The number of fused-ring (bicyclic) bond motifs is 1. The average Bonchev–Trinajstić information content (AvgIpc) is 2.52. The van der Waals surface area contributed by atoms with Crippen LogP contribution in [0, 0.1) is 5.92 Å². The Morgan fingerprint density at radius 3 is 2.24 bits per heavy atom. The van der Waals surface area contributed by atoms with E-state index >= 15 is 0 Å². The van der Waals surface area contributed by atoms with E-state index in [1.54, 1.807) is 32.0 Å². The van der Waals surface area contributed by atoms with Crippen molar-refractivity contribution in [3.05, 3.63) is 36.4 Å². The van der Waals surface area contributed by atoms with Crippen molar-refractivity contribution in [2.45, 2.75) is 30.0 Å². The number of sulfone groups is 1. The number of rotatable bonds is 6. The summed E-state index contributed by atoms with van der Waals surface area (Å²) in [4.78, 5) is 11.2. The van der Waals surface area contributed by atoms with Crippen LogP contribution in [-0.2, 0) is 14.6 Å². The minimum absolute atomic E-state index is 0.0562. The summed E-state index contributed by atoms with van der Waals surface area (Å²) in [5.41, 5.74) is 6.79. The zero-order valence-electron chi connectivity index (χ0n) is 14.9. The molecule has 0 aromatic heterocycles. The van der Waals surface area contributed by atoms with Gasteiger partial charge in [-0.15, -0.1) is 0 Å². The maximum absolute atomic E-state index is 13.2. The van der Waals surface area contributed by atoms with Crippen LogP contribution < -0.4 is 10.6 Å². The van der Waals surface area contributed by atoms with E-state index in [9.17, 15) is 18.3 Å². The number of carboxylic acids is 1. The summed E-state index contributed by atoms with van der Waals surface area (Å²) >= 11 is 0. The van der Waals surface area contributed by atoms with Crippen LogP contribution in [0.15, 0.2) is 41.3 Å². The molecule has 3 N–H and O–H groups in total. The number of hydrogen-bond donors (Lipinski definition) is 2. The van der Waals surface area contributed by atoms with Gasteiger partial charge < -0.3 is 15.7 Å². The summed E-state index contributed by atoms with van der Waals surface area (Å²) in [6.45, 7) is 3.49. The summed E-state index contributed by atoms with van der Waals surface area (Å²) in [5.74, 6) is -1.73. The van der Waals surface area contributed by atoms with E-state index in [4.69, 9.17) is 5.73 Å². The Balaban J connectivity index is 2.80. The fraction of sp³-hybridized carbons (Fsp3) is 0.389. The highest BCUT2D eigenvalue weighted by atomic mass is 32.2. The first kappa shape index (κ1) is 19.2. The van der Waals surface area contributed by atoms with Gasteiger partial charge in [-0.25, -0.2) is 13.2 Å². The van der Waals surface area contributed by atoms with E-state index in [2.05, 4.69) is 0 Å². The summed E-state index contributed by atoms with van der Waals surface area (Å²) in [7, 11) is -0.584. The lowest BCUT2D eigenvalue weighted by Gasteiger charge is -2.27. The number of carboxylic acid groups (broad SMARTS) is 1. The Bertz CT molecular complexity index is 906. The fourth-order valence-corrected chi connectivity index (χ4v) is 4.90. The molecule has 0 spiro atoms. The molecule has 6 nitrogen and oxygen atoms in total. The molecule has 2 aromatic rings. The molecule has 0 bridgehead atoms. The second-order valence-electron chi connectivity index (χ2n) is 6.82. The lowest BCUT2D eigenvalue weighted by atomic mass is 10.0. The topological polar surface area (TPSA) is 101 Å². The van der Waals surface area contributed by atoms with Gasteiger partial charge in [-0.1, -0.05) is 38.1 Å². The number of nitrogens with zero attached hydrogens (tertiary/aromatic N) is 1. The third-order valence-electron chi connectivity index (χ3n) is 4.18. The molecule has 25 heavy (non-hydrogen) atoms. The molecule has 0 aliphatic rings. The van der Waals surface area contributed by atoms with Crippen LogP contribution >= 0.6 is 0 Å². The van der Waals surface area contributed by atoms with Gasteiger partial charge in [0.1, 0.15) is 0 Å². The van der Waals surface area contributed by atoms with Crippen LogP contribution in [0.25, 0.3) is 10.8 Å². The zero-order valence-corrected chi connectivity index (χ0v) is 15.7.